The van der Waals surface area contributed by atoms with Crippen molar-refractivity contribution in [3.63, 3.8) is 0 Å². The van der Waals surface area contributed by atoms with Crippen LogP contribution in [0, 0.1) is 5.82 Å². The summed E-state index contributed by atoms with van der Waals surface area (Å²) in [6.45, 7) is 0.590. The number of halogens is 3. The molecule has 2 rings (SSSR count). The molecule has 1 nitrogen and oxygen atoms in total. The first-order valence-corrected chi connectivity index (χ1v) is 6.90. The molecule has 2 aromatic carbocycles. The fraction of sp³-hybridized carbons (Fsp3) is 0.200. The molecule has 0 saturated heterocycles. The lowest BCUT2D eigenvalue weighted by Crippen LogP contribution is -2.22. The fourth-order valence-corrected chi connectivity index (χ4v) is 2.33. The molecule has 0 saturated carbocycles. The van der Waals surface area contributed by atoms with Crippen LogP contribution in [-0.2, 0) is 6.54 Å². The highest BCUT2D eigenvalue weighted by Gasteiger charge is 2.09. The topological polar surface area (TPSA) is 12.0 Å². The third kappa shape index (κ3) is 3.93. The molecule has 1 N–H and O–H groups in total. The van der Waals surface area contributed by atoms with Gasteiger partial charge in [0.2, 0.25) is 0 Å². The third-order valence-corrected chi connectivity index (χ3v) is 3.49. The van der Waals surface area contributed by atoms with Gasteiger partial charge in [0.05, 0.1) is 5.02 Å². The van der Waals surface area contributed by atoms with Gasteiger partial charge in [-0.15, -0.1) is 11.6 Å². The molecule has 0 aromatic heterocycles. The standard InChI is InChI=1S/C15H14Cl2FN/c16-9-15(12-4-2-1-3-5-12)19-10-11-6-7-14(18)13(17)8-11/h1-8,15,19H,9-10H2. The van der Waals surface area contributed by atoms with Crippen molar-refractivity contribution in [1.29, 1.82) is 0 Å². The predicted octanol–water partition coefficient (Wildman–Crippen LogP) is 4.55. The maximum Gasteiger partial charge on any atom is 0.141 e. The van der Waals surface area contributed by atoms with Crippen molar-refractivity contribution >= 4 is 23.2 Å². The molecule has 0 aliphatic carbocycles. The van der Waals surface area contributed by atoms with Crippen molar-refractivity contribution in [2.24, 2.45) is 0 Å². The van der Waals surface area contributed by atoms with Crippen LogP contribution in [0.4, 0.5) is 4.39 Å². The van der Waals surface area contributed by atoms with Crippen LogP contribution in [0.5, 0.6) is 0 Å². The molecule has 1 atom stereocenters. The number of alkyl halides is 1. The molecule has 1 unspecified atom stereocenters. The predicted molar refractivity (Wildman–Crippen MR) is 78.2 cm³/mol. The Kier molecular flexibility index (Phi) is 5.20. The largest absolute Gasteiger partial charge is 0.305 e. The van der Waals surface area contributed by atoms with Gasteiger partial charge in [-0.1, -0.05) is 48.0 Å². The maximum atomic E-state index is 13.1. The lowest BCUT2D eigenvalue weighted by Gasteiger charge is -2.16. The Morgan fingerprint density at radius 2 is 1.84 bits per heavy atom. The summed E-state index contributed by atoms with van der Waals surface area (Å²) < 4.78 is 13.1. The molecule has 19 heavy (non-hydrogen) atoms. The third-order valence-electron chi connectivity index (χ3n) is 2.89. The van der Waals surface area contributed by atoms with Gasteiger partial charge >= 0.3 is 0 Å². The molecule has 0 heterocycles. The first-order valence-electron chi connectivity index (χ1n) is 5.99. The van der Waals surface area contributed by atoms with Crippen molar-refractivity contribution in [1.82, 2.24) is 5.32 Å². The maximum absolute atomic E-state index is 13.1. The van der Waals surface area contributed by atoms with Gasteiger partial charge in [0, 0.05) is 18.5 Å². The zero-order valence-electron chi connectivity index (χ0n) is 10.2. The summed E-state index contributed by atoms with van der Waals surface area (Å²) in [5.74, 6) is 0.0706. The van der Waals surface area contributed by atoms with E-state index in [0.29, 0.717) is 12.4 Å². The molecule has 0 aliphatic rings. The molecule has 0 aliphatic heterocycles. The lowest BCUT2D eigenvalue weighted by atomic mass is 10.1. The van der Waals surface area contributed by atoms with Gasteiger partial charge in [-0.3, -0.25) is 0 Å². The minimum Gasteiger partial charge on any atom is -0.305 e. The summed E-state index contributed by atoms with van der Waals surface area (Å²) in [6, 6.07) is 14.7. The monoisotopic (exact) mass is 297 g/mol. The summed E-state index contributed by atoms with van der Waals surface area (Å²) in [6.07, 6.45) is 0. The van der Waals surface area contributed by atoms with E-state index in [1.54, 1.807) is 12.1 Å². The molecule has 0 radical (unpaired) electrons. The minimum absolute atomic E-state index is 0.0618. The van der Waals surface area contributed by atoms with E-state index in [1.165, 1.54) is 6.07 Å². The molecular weight excluding hydrogens is 284 g/mol. The molecule has 100 valence electrons. The van der Waals surface area contributed by atoms with Crippen molar-refractivity contribution in [3.8, 4) is 0 Å². The molecule has 0 amide bonds. The van der Waals surface area contributed by atoms with Crippen molar-refractivity contribution in [2.75, 3.05) is 5.88 Å². The van der Waals surface area contributed by atoms with E-state index in [9.17, 15) is 4.39 Å². The Hall–Kier alpha value is -1.09. The minimum atomic E-state index is -0.401. The summed E-state index contributed by atoms with van der Waals surface area (Å²) in [5, 5.41) is 3.48. The average Bonchev–Trinajstić information content (AvgIpc) is 2.44. The normalized spacial score (nSPS) is 12.4. The van der Waals surface area contributed by atoms with Crippen LogP contribution in [0.15, 0.2) is 48.5 Å². The van der Waals surface area contributed by atoms with E-state index in [1.807, 2.05) is 30.3 Å². The van der Waals surface area contributed by atoms with Crippen LogP contribution in [0.25, 0.3) is 0 Å². The summed E-state index contributed by atoms with van der Waals surface area (Å²) in [4.78, 5) is 0. The van der Waals surface area contributed by atoms with Gasteiger partial charge in [0.15, 0.2) is 0 Å². The first-order chi connectivity index (χ1) is 9.20. The SMILES string of the molecule is Fc1ccc(CNC(CCl)c2ccccc2)cc1Cl. The van der Waals surface area contributed by atoms with Gasteiger partial charge < -0.3 is 5.32 Å². The first kappa shape index (κ1) is 14.3. The van der Waals surface area contributed by atoms with Crippen LogP contribution in [0.2, 0.25) is 5.02 Å². The second-order valence-corrected chi connectivity index (χ2v) is 4.96. The van der Waals surface area contributed by atoms with Crippen LogP contribution in [0.3, 0.4) is 0 Å². The Balaban J connectivity index is 2.02. The second-order valence-electron chi connectivity index (χ2n) is 4.25. The highest BCUT2D eigenvalue weighted by molar-refractivity contribution is 6.30. The molecule has 2 aromatic rings. The van der Waals surface area contributed by atoms with Crippen molar-refractivity contribution in [2.45, 2.75) is 12.6 Å². The van der Waals surface area contributed by atoms with Gasteiger partial charge in [-0.2, -0.15) is 0 Å². The Morgan fingerprint density at radius 1 is 1.11 bits per heavy atom. The lowest BCUT2D eigenvalue weighted by molar-refractivity contribution is 0.577. The molecule has 0 bridgehead atoms. The molecule has 4 heteroatoms. The van der Waals surface area contributed by atoms with Crippen molar-refractivity contribution < 1.29 is 4.39 Å². The van der Waals surface area contributed by atoms with E-state index in [4.69, 9.17) is 23.2 Å². The van der Waals surface area contributed by atoms with Crippen LogP contribution >= 0.6 is 23.2 Å². The smallest absolute Gasteiger partial charge is 0.141 e. The van der Waals surface area contributed by atoms with E-state index < -0.39 is 5.82 Å². The van der Waals surface area contributed by atoms with E-state index in [-0.39, 0.29) is 11.1 Å². The zero-order chi connectivity index (χ0) is 13.7. The summed E-state index contributed by atoms with van der Waals surface area (Å²) in [5.41, 5.74) is 2.06. The Morgan fingerprint density at radius 3 is 2.47 bits per heavy atom. The van der Waals surface area contributed by atoms with E-state index in [2.05, 4.69) is 5.32 Å². The zero-order valence-corrected chi connectivity index (χ0v) is 11.8. The highest BCUT2D eigenvalue weighted by atomic mass is 35.5. The Labute approximate surface area is 122 Å². The second kappa shape index (κ2) is 6.90. The number of hydrogen-bond donors (Lipinski definition) is 1. The molecular formula is C15H14Cl2FN. The number of nitrogens with one attached hydrogen (secondary N) is 1. The van der Waals surface area contributed by atoms with Gasteiger partial charge in [-0.25, -0.2) is 4.39 Å². The quantitative estimate of drug-likeness (QED) is 0.799. The average molecular weight is 298 g/mol. The van der Waals surface area contributed by atoms with Crippen LogP contribution in [0.1, 0.15) is 17.2 Å². The van der Waals surface area contributed by atoms with Crippen LogP contribution < -0.4 is 5.32 Å². The van der Waals surface area contributed by atoms with Crippen LogP contribution in [-0.4, -0.2) is 5.88 Å². The van der Waals surface area contributed by atoms with Gasteiger partial charge in [-0.05, 0) is 23.3 Å². The molecule has 0 spiro atoms. The van der Waals surface area contributed by atoms with E-state index >= 15 is 0 Å². The number of rotatable bonds is 5. The Bertz CT molecular complexity index is 531. The number of hydrogen-bond acceptors (Lipinski definition) is 1. The summed E-state index contributed by atoms with van der Waals surface area (Å²) >= 11 is 11.7. The van der Waals surface area contributed by atoms with Crippen molar-refractivity contribution in [3.05, 3.63) is 70.5 Å². The van der Waals surface area contributed by atoms with Gasteiger partial charge in [0.25, 0.3) is 0 Å². The van der Waals surface area contributed by atoms with Gasteiger partial charge in [0.1, 0.15) is 5.82 Å². The number of benzene rings is 2. The highest BCUT2D eigenvalue weighted by Crippen LogP contribution is 2.18. The molecule has 0 fully saturated rings. The summed E-state index contributed by atoms with van der Waals surface area (Å²) in [7, 11) is 0. The van der Waals surface area contributed by atoms with E-state index in [0.717, 1.165) is 11.1 Å². The fourth-order valence-electron chi connectivity index (χ4n) is 1.84.